The monoisotopic (exact) mass is 199 g/mol. The normalized spacial score (nSPS) is 10.8. The van der Waals surface area contributed by atoms with E-state index in [0.29, 0.717) is 0 Å². The number of aryl methyl sites for hydroxylation is 1. The Morgan fingerprint density at radius 2 is 1.77 bits per heavy atom. The third-order valence-electron chi connectivity index (χ3n) is 2.04. The van der Waals surface area contributed by atoms with Crippen LogP contribution in [0.5, 0.6) is 0 Å². The Morgan fingerprint density at radius 1 is 1.23 bits per heavy atom. The molecule has 0 unspecified atom stereocenters. The smallest absolute Gasteiger partial charge is 0.0641 e. The van der Waals surface area contributed by atoms with Crippen LogP contribution in [0.3, 0.4) is 0 Å². The van der Waals surface area contributed by atoms with Crippen molar-refractivity contribution in [1.29, 1.82) is 0 Å². The quantitative estimate of drug-likeness (QED) is 0.721. The summed E-state index contributed by atoms with van der Waals surface area (Å²) in [5, 5.41) is 0. The summed E-state index contributed by atoms with van der Waals surface area (Å²) in [6.45, 7) is 6.22. The second kappa shape index (κ2) is 4.64. The SMILES string of the molecule is CCc1ccccc1C(C)(C)Cl.N. The van der Waals surface area contributed by atoms with E-state index in [1.807, 2.05) is 19.9 Å². The lowest BCUT2D eigenvalue weighted by molar-refractivity contribution is 0.751. The summed E-state index contributed by atoms with van der Waals surface area (Å²) in [6.07, 6.45) is 1.05. The zero-order chi connectivity index (χ0) is 9.19. The van der Waals surface area contributed by atoms with Crippen LogP contribution in [0.1, 0.15) is 31.9 Å². The van der Waals surface area contributed by atoms with Gasteiger partial charge in [0, 0.05) is 0 Å². The molecule has 74 valence electrons. The summed E-state index contributed by atoms with van der Waals surface area (Å²) in [4.78, 5) is -0.243. The Kier molecular flexibility index (Phi) is 4.45. The maximum atomic E-state index is 6.24. The van der Waals surface area contributed by atoms with Crippen molar-refractivity contribution < 1.29 is 0 Å². The average molecular weight is 200 g/mol. The number of halogens is 1. The third-order valence-corrected chi connectivity index (χ3v) is 2.24. The highest BCUT2D eigenvalue weighted by Crippen LogP contribution is 2.30. The fourth-order valence-electron chi connectivity index (χ4n) is 1.41. The van der Waals surface area contributed by atoms with Crippen molar-refractivity contribution in [3.8, 4) is 0 Å². The molecule has 1 aromatic carbocycles. The van der Waals surface area contributed by atoms with Gasteiger partial charge in [0.15, 0.2) is 0 Å². The van der Waals surface area contributed by atoms with E-state index in [1.165, 1.54) is 11.1 Å². The minimum Gasteiger partial charge on any atom is -0.344 e. The van der Waals surface area contributed by atoms with E-state index in [9.17, 15) is 0 Å². The van der Waals surface area contributed by atoms with Crippen LogP contribution >= 0.6 is 11.6 Å². The van der Waals surface area contributed by atoms with Gasteiger partial charge in [0.25, 0.3) is 0 Å². The van der Waals surface area contributed by atoms with E-state index >= 15 is 0 Å². The third kappa shape index (κ3) is 3.02. The molecule has 0 fully saturated rings. The molecule has 0 radical (unpaired) electrons. The van der Waals surface area contributed by atoms with Gasteiger partial charge in [0.1, 0.15) is 0 Å². The number of hydrogen-bond donors (Lipinski definition) is 1. The van der Waals surface area contributed by atoms with Gasteiger partial charge in [-0.25, -0.2) is 0 Å². The molecule has 0 bridgehead atoms. The van der Waals surface area contributed by atoms with Crippen molar-refractivity contribution in [3.63, 3.8) is 0 Å². The molecular weight excluding hydrogens is 182 g/mol. The zero-order valence-electron chi connectivity index (χ0n) is 8.60. The maximum absolute atomic E-state index is 6.24. The van der Waals surface area contributed by atoms with E-state index in [4.69, 9.17) is 11.6 Å². The van der Waals surface area contributed by atoms with Crippen molar-refractivity contribution in [2.75, 3.05) is 0 Å². The largest absolute Gasteiger partial charge is 0.344 e. The van der Waals surface area contributed by atoms with E-state index < -0.39 is 0 Å². The molecule has 0 aliphatic rings. The van der Waals surface area contributed by atoms with Crippen molar-refractivity contribution in [3.05, 3.63) is 35.4 Å². The number of hydrogen-bond acceptors (Lipinski definition) is 1. The zero-order valence-corrected chi connectivity index (χ0v) is 9.36. The first-order chi connectivity index (χ1) is 5.55. The summed E-state index contributed by atoms with van der Waals surface area (Å²) in [5.74, 6) is 0. The van der Waals surface area contributed by atoms with Gasteiger partial charge in [-0.2, -0.15) is 0 Å². The highest BCUT2D eigenvalue weighted by Gasteiger charge is 2.18. The van der Waals surface area contributed by atoms with Gasteiger partial charge in [0.05, 0.1) is 4.87 Å². The van der Waals surface area contributed by atoms with Crippen molar-refractivity contribution in [1.82, 2.24) is 6.15 Å². The molecule has 1 aromatic rings. The van der Waals surface area contributed by atoms with Gasteiger partial charge in [-0.1, -0.05) is 31.2 Å². The highest BCUT2D eigenvalue weighted by atomic mass is 35.5. The van der Waals surface area contributed by atoms with Crippen LogP contribution in [0.25, 0.3) is 0 Å². The molecule has 0 saturated heterocycles. The number of benzene rings is 1. The molecule has 13 heavy (non-hydrogen) atoms. The van der Waals surface area contributed by atoms with Gasteiger partial charge in [-0.05, 0) is 31.4 Å². The summed E-state index contributed by atoms with van der Waals surface area (Å²) < 4.78 is 0. The van der Waals surface area contributed by atoms with Crippen LogP contribution in [-0.2, 0) is 11.3 Å². The molecular formula is C11H18ClN. The minimum absolute atomic E-state index is 0. The van der Waals surface area contributed by atoms with Crippen LogP contribution in [0.2, 0.25) is 0 Å². The Bertz CT molecular complexity index is 263. The van der Waals surface area contributed by atoms with Crippen LogP contribution in [0, 0.1) is 0 Å². The first kappa shape index (κ1) is 12.5. The predicted molar refractivity (Wildman–Crippen MR) is 59.7 cm³/mol. The second-order valence-corrected chi connectivity index (χ2v) is 4.43. The van der Waals surface area contributed by atoms with Gasteiger partial charge < -0.3 is 6.15 Å². The summed E-state index contributed by atoms with van der Waals surface area (Å²) in [5.41, 5.74) is 2.59. The lowest BCUT2D eigenvalue weighted by Crippen LogP contribution is -2.10. The molecule has 0 saturated carbocycles. The van der Waals surface area contributed by atoms with Crippen molar-refractivity contribution in [2.45, 2.75) is 32.1 Å². The van der Waals surface area contributed by atoms with Crippen molar-refractivity contribution in [2.24, 2.45) is 0 Å². The number of rotatable bonds is 2. The highest BCUT2D eigenvalue weighted by molar-refractivity contribution is 6.23. The molecule has 0 aliphatic carbocycles. The summed E-state index contributed by atoms with van der Waals surface area (Å²) in [7, 11) is 0. The molecule has 0 heterocycles. The second-order valence-electron chi connectivity index (χ2n) is 3.48. The van der Waals surface area contributed by atoms with Gasteiger partial charge in [-0.15, -0.1) is 11.6 Å². The lowest BCUT2D eigenvalue weighted by Gasteiger charge is -2.19. The summed E-state index contributed by atoms with van der Waals surface area (Å²) >= 11 is 6.24. The molecule has 1 rings (SSSR count). The molecule has 0 spiro atoms. The van der Waals surface area contributed by atoms with E-state index in [-0.39, 0.29) is 11.0 Å². The van der Waals surface area contributed by atoms with E-state index in [1.54, 1.807) is 0 Å². The molecule has 0 amide bonds. The molecule has 2 heteroatoms. The van der Waals surface area contributed by atoms with Crippen LogP contribution < -0.4 is 6.15 Å². The Morgan fingerprint density at radius 3 is 2.15 bits per heavy atom. The first-order valence-corrected chi connectivity index (χ1v) is 4.70. The standard InChI is InChI=1S/C11H15Cl.H3N/c1-4-9-7-5-6-8-10(9)11(2,3)12;/h5-8H,4H2,1-3H3;1H3. The van der Waals surface area contributed by atoms with E-state index in [0.717, 1.165) is 6.42 Å². The fourth-order valence-corrected chi connectivity index (χ4v) is 1.59. The van der Waals surface area contributed by atoms with Gasteiger partial charge >= 0.3 is 0 Å². The van der Waals surface area contributed by atoms with Crippen LogP contribution in [-0.4, -0.2) is 0 Å². The Balaban J connectivity index is 0.00000144. The Hall–Kier alpha value is -0.530. The lowest BCUT2D eigenvalue weighted by atomic mass is 9.95. The molecule has 0 atom stereocenters. The minimum atomic E-state index is -0.243. The maximum Gasteiger partial charge on any atom is 0.0641 e. The topological polar surface area (TPSA) is 35.0 Å². The molecule has 1 nitrogen and oxygen atoms in total. The fraction of sp³-hybridized carbons (Fsp3) is 0.455. The Labute approximate surface area is 85.7 Å². The summed E-state index contributed by atoms with van der Waals surface area (Å²) in [6, 6.07) is 8.34. The first-order valence-electron chi connectivity index (χ1n) is 4.33. The molecule has 0 aromatic heterocycles. The molecule has 0 aliphatic heterocycles. The van der Waals surface area contributed by atoms with Gasteiger partial charge in [0.2, 0.25) is 0 Å². The number of alkyl halides is 1. The van der Waals surface area contributed by atoms with Gasteiger partial charge in [-0.3, -0.25) is 0 Å². The molecule has 3 N–H and O–H groups in total. The van der Waals surface area contributed by atoms with Crippen molar-refractivity contribution >= 4 is 11.6 Å². The van der Waals surface area contributed by atoms with Crippen LogP contribution in [0.4, 0.5) is 0 Å². The average Bonchev–Trinajstić information content (AvgIpc) is 2.03. The predicted octanol–water partition coefficient (Wildman–Crippen LogP) is 3.88. The van der Waals surface area contributed by atoms with Crippen LogP contribution in [0.15, 0.2) is 24.3 Å². The van der Waals surface area contributed by atoms with E-state index in [2.05, 4.69) is 25.1 Å².